The summed E-state index contributed by atoms with van der Waals surface area (Å²) in [6.45, 7) is 7.26. The van der Waals surface area contributed by atoms with Gasteiger partial charge in [-0.15, -0.1) is 0 Å². The van der Waals surface area contributed by atoms with Crippen LogP contribution in [0.15, 0.2) is 0 Å². The van der Waals surface area contributed by atoms with Crippen LogP contribution in [0.3, 0.4) is 0 Å². The van der Waals surface area contributed by atoms with Crippen LogP contribution in [0.5, 0.6) is 0 Å². The van der Waals surface area contributed by atoms with Crippen molar-refractivity contribution < 1.29 is 14.6 Å². The molecule has 1 saturated heterocycles. The van der Waals surface area contributed by atoms with Crippen molar-refractivity contribution in [2.75, 3.05) is 6.54 Å². The Morgan fingerprint density at radius 1 is 1.44 bits per heavy atom. The van der Waals surface area contributed by atoms with E-state index in [4.69, 9.17) is 9.84 Å². The molecule has 2 N–H and O–H groups in total. The molecule has 0 amide bonds. The van der Waals surface area contributed by atoms with Gasteiger partial charge in [-0.2, -0.15) is 0 Å². The van der Waals surface area contributed by atoms with Gasteiger partial charge in [0, 0.05) is 12.1 Å². The molecule has 0 spiro atoms. The molecule has 1 aliphatic heterocycles. The first kappa shape index (κ1) is 13.5. The highest BCUT2D eigenvalue weighted by Crippen LogP contribution is 2.21. The zero-order chi connectivity index (χ0) is 12.2. The highest BCUT2D eigenvalue weighted by Gasteiger charge is 2.31. The summed E-state index contributed by atoms with van der Waals surface area (Å²) in [5.41, 5.74) is 0.144. The second-order valence-electron chi connectivity index (χ2n) is 4.81. The maximum Gasteiger partial charge on any atom is 0.332 e. The molecule has 0 saturated carbocycles. The molecule has 0 bridgehead atoms. The molecular weight excluding hydrogens is 206 g/mol. The predicted molar refractivity (Wildman–Crippen MR) is 62.5 cm³/mol. The summed E-state index contributed by atoms with van der Waals surface area (Å²) in [5, 5.41) is 12.3. The highest BCUT2D eigenvalue weighted by atomic mass is 16.5. The van der Waals surface area contributed by atoms with Gasteiger partial charge in [-0.05, 0) is 32.6 Å². The Balaban J connectivity index is 2.32. The lowest BCUT2D eigenvalue weighted by molar-refractivity contribution is -0.149. The normalized spacial score (nSPS) is 25.9. The largest absolute Gasteiger partial charge is 0.479 e. The molecule has 1 rings (SSSR count). The second-order valence-corrected chi connectivity index (χ2v) is 4.81. The molecule has 16 heavy (non-hydrogen) atoms. The van der Waals surface area contributed by atoms with Crippen LogP contribution in [0.2, 0.25) is 0 Å². The van der Waals surface area contributed by atoms with Crippen LogP contribution >= 0.6 is 0 Å². The number of hydrogen-bond donors (Lipinski definition) is 2. The van der Waals surface area contributed by atoms with Gasteiger partial charge in [-0.25, -0.2) is 4.79 Å². The third-order valence-corrected chi connectivity index (χ3v) is 3.70. The van der Waals surface area contributed by atoms with Crippen molar-refractivity contribution in [3.05, 3.63) is 0 Å². The summed E-state index contributed by atoms with van der Waals surface area (Å²) >= 11 is 0. The SMILES string of the molecule is CCC(C)(CC)NCC1CCC(C(=O)O)O1. The molecule has 2 unspecified atom stereocenters. The predicted octanol–water partition coefficient (Wildman–Crippen LogP) is 1.79. The van der Waals surface area contributed by atoms with E-state index in [1.54, 1.807) is 0 Å². The number of carbonyl (C=O) groups is 1. The van der Waals surface area contributed by atoms with Gasteiger partial charge in [0.15, 0.2) is 6.10 Å². The van der Waals surface area contributed by atoms with E-state index in [9.17, 15) is 4.79 Å². The van der Waals surface area contributed by atoms with Crippen LogP contribution in [-0.4, -0.2) is 35.4 Å². The number of hydrogen-bond acceptors (Lipinski definition) is 3. The third kappa shape index (κ3) is 3.46. The van der Waals surface area contributed by atoms with Gasteiger partial charge in [-0.1, -0.05) is 13.8 Å². The van der Waals surface area contributed by atoms with Crippen molar-refractivity contribution in [3.63, 3.8) is 0 Å². The standard InChI is InChI=1S/C12H23NO3/c1-4-12(3,5-2)13-8-9-6-7-10(16-9)11(14)15/h9-10,13H,4-8H2,1-3H3,(H,14,15). The minimum absolute atomic E-state index is 0.0542. The monoisotopic (exact) mass is 229 g/mol. The molecule has 94 valence electrons. The van der Waals surface area contributed by atoms with E-state index >= 15 is 0 Å². The molecule has 4 heteroatoms. The molecule has 1 aliphatic rings. The minimum Gasteiger partial charge on any atom is -0.479 e. The number of ether oxygens (including phenoxy) is 1. The average Bonchev–Trinajstić information content (AvgIpc) is 2.75. The maximum absolute atomic E-state index is 10.7. The quantitative estimate of drug-likeness (QED) is 0.729. The number of carboxylic acid groups (broad SMARTS) is 1. The molecule has 0 aliphatic carbocycles. The van der Waals surface area contributed by atoms with Crippen molar-refractivity contribution in [1.82, 2.24) is 5.32 Å². The Hall–Kier alpha value is -0.610. The lowest BCUT2D eigenvalue weighted by Gasteiger charge is -2.29. The maximum atomic E-state index is 10.7. The molecule has 0 aromatic carbocycles. The Morgan fingerprint density at radius 2 is 2.06 bits per heavy atom. The Labute approximate surface area is 97.4 Å². The van der Waals surface area contributed by atoms with Gasteiger partial charge in [0.05, 0.1) is 6.10 Å². The summed E-state index contributed by atoms with van der Waals surface area (Å²) in [4.78, 5) is 10.7. The van der Waals surface area contributed by atoms with Gasteiger partial charge in [-0.3, -0.25) is 0 Å². The first-order valence-corrected chi connectivity index (χ1v) is 6.14. The molecule has 2 atom stereocenters. The van der Waals surface area contributed by atoms with Crippen molar-refractivity contribution in [2.45, 2.75) is 64.2 Å². The number of nitrogens with one attached hydrogen (secondary N) is 1. The first-order chi connectivity index (χ1) is 7.50. The smallest absolute Gasteiger partial charge is 0.332 e. The fraction of sp³-hybridized carbons (Fsp3) is 0.917. The number of carboxylic acids is 1. The Kier molecular flexibility index (Phi) is 4.74. The van der Waals surface area contributed by atoms with Crippen molar-refractivity contribution in [1.29, 1.82) is 0 Å². The topological polar surface area (TPSA) is 58.6 Å². The second kappa shape index (κ2) is 5.64. The van der Waals surface area contributed by atoms with Gasteiger partial charge in [0.2, 0.25) is 0 Å². The summed E-state index contributed by atoms with van der Waals surface area (Å²) < 4.78 is 5.45. The van der Waals surface area contributed by atoms with Gasteiger partial charge in [0.25, 0.3) is 0 Å². The highest BCUT2D eigenvalue weighted by molar-refractivity contribution is 5.72. The van der Waals surface area contributed by atoms with Crippen LogP contribution in [0.25, 0.3) is 0 Å². The van der Waals surface area contributed by atoms with Crippen LogP contribution < -0.4 is 5.32 Å². The van der Waals surface area contributed by atoms with Crippen molar-refractivity contribution in [3.8, 4) is 0 Å². The summed E-state index contributed by atoms with van der Waals surface area (Å²) in [7, 11) is 0. The number of aliphatic carboxylic acids is 1. The molecule has 1 heterocycles. The molecule has 4 nitrogen and oxygen atoms in total. The average molecular weight is 229 g/mol. The van der Waals surface area contributed by atoms with E-state index in [1.165, 1.54) is 0 Å². The lowest BCUT2D eigenvalue weighted by atomic mass is 9.95. The lowest BCUT2D eigenvalue weighted by Crippen LogP contribution is -2.45. The summed E-state index contributed by atoms with van der Waals surface area (Å²) in [5.74, 6) is -0.837. The molecular formula is C12H23NO3. The molecule has 1 fully saturated rings. The van der Waals surface area contributed by atoms with E-state index in [1.807, 2.05) is 0 Å². The van der Waals surface area contributed by atoms with E-state index in [-0.39, 0.29) is 11.6 Å². The zero-order valence-electron chi connectivity index (χ0n) is 10.5. The molecule has 0 aromatic heterocycles. The van der Waals surface area contributed by atoms with Gasteiger partial charge >= 0.3 is 5.97 Å². The van der Waals surface area contributed by atoms with E-state index in [0.717, 1.165) is 25.8 Å². The summed E-state index contributed by atoms with van der Waals surface area (Å²) in [6.07, 6.45) is 3.07. The van der Waals surface area contributed by atoms with Gasteiger partial charge in [0.1, 0.15) is 0 Å². The van der Waals surface area contributed by atoms with Crippen LogP contribution in [0.4, 0.5) is 0 Å². The van der Waals surface area contributed by atoms with Crippen LogP contribution in [0, 0.1) is 0 Å². The minimum atomic E-state index is -0.837. The first-order valence-electron chi connectivity index (χ1n) is 6.14. The van der Waals surface area contributed by atoms with Crippen molar-refractivity contribution >= 4 is 5.97 Å². The number of rotatable bonds is 6. The van der Waals surface area contributed by atoms with Crippen molar-refractivity contribution in [2.24, 2.45) is 0 Å². The molecule has 0 aromatic rings. The summed E-state index contributed by atoms with van der Waals surface area (Å²) in [6, 6.07) is 0. The Morgan fingerprint density at radius 3 is 2.50 bits per heavy atom. The van der Waals surface area contributed by atoms with E-state index < -0.39 is 12.1 Å². The van der Waals surface area contributed by atoms with Crippen LogP contribution in [-0.2, 0) is 9.53 Å². The van der Waals surface area contributed by atoms with E-state index in [2.05, 4.69) is 26.1 Å². The fourth-order valence-electron chi connectivity index (χ4n) is 1.90. The zero-order valence-corrected chi connectivity index (χ0v) is 10.5. The molecule has 0 radical (unpaired) electrons. The fourth-order valence-corrected chi connectivity index (χ4v) is 1.90. The van der Waals surface area contributed by atoms with Crippen LogP contribution in [0.1, 0.15) is 46.5 Å². The van der Waals surface area contributed by atoms with E-state index in [0.29, 0.717) is 6.42 Å². The third-order valence-electron chi connectivity index (χ3n) is 3.70. The Bertz CT molecular complexity index is 238. The van der Waals surface area contributed by atoms with Gasteiger partial charge < -0.3 is 15.2 Å².